The predicted octanol–water partition coefficient (Wildman–Crippen LogP) is 1.57. The highest BCUT2D eigenvalue weighted by Gasteiger charge is 2.19. The fourth-order valence-corrected chi connectivity index (χ4v) is 2.72. The molecule has 3 rings (SSSR count). The van der Waals surface area contributed by atoms with Crippen molar-refractivity contribution in [2.24, 2.45) is 0 Å². The van der Waals surface area contributed by atoms with Crippen molar-refractivity contribution in [3.05, 3.63) is 22.9 Å². The molecule has 1 saturated heterocycles. The topological polar surface area (TPSA) is 57.9 Å². The lowest BCUT2D eigenvalue weighted by Gasteiger charge is -2.13. The van der Waals surface area contributed by atoms with Gasteiger partial charge in [-0.05, 0) is 50.3 Å². The Morgan fingerprint density at radius 1 is 1.44 bits per heavy atom. The highest BCUT2D eigenvalue weighted by Crippen LogP contribution is 2.26. The van der Waals surface area contributed by atoms with Crippen LogP contribution in [-0.4, -0.2) is 24.2 Å². The third-order valence-corrected chi connectivity index (χ3v) is 3.72. The molecule has 94 valence electrons. The van der Waals surface area contributed by atoms with Crippen LogP contribution in [0.15, 0.2) is 6.07 Å². The fourth-order valence-electron chi connectivity index (χ4n) is 2.72. The number of nitriles is 1. The number of ether oxygens (including phenoxy) is 1. The molecule has 1 atom stereocenters. The number of aryl methyl sites for hydroxylation is 2. The summed E-state index contributed by atoms with van der Waals surface area (Å²) in [5, 5.41) is 12.5. The monoisotopic (exact) mass is 243 g/mol. The van der Waals surface area contributed by atoms with Gasteiger partial charge < -0.3 is 10.1 Å². The second-order valence-electron chi connectivity index (χ2n) is 5.02. The Morgan fingerprint density at radius 3 is 3.17 bits per heavy atom. The summed E-state index contributed by atoms with van der Waals surface area (Å²) >= 11 is 0. The Bertz CT molecular complexity index is 487. The molecule has 0 aromatic carbocycles. The van der Waals surface area contributed by atoms with Crippen LogP contribution in [0.25, 0.3) is 0 Å². The summed E-state index contributed by atoms with van der Waals surface area (Å²) in [4.78, 5) is 4.51. The Hall–Kier alpha value is -1.60. The Balaban J connectivity index is 1.76. The predicted molar refractivity (Wildman–Crippen MR) is 67.5 cm³/mol. The van der Waals surface area contributed by atoms with Crippen LogP contribution < -0.4 is 10.1 Å². The molecule has 1 aromatic heterocycles. The van der Waals surface area contributed by atoms with Gasteiger partial charge in [0.1, 0.15) is 18.2 Å². The Kier molecular flexibility index (Phi) is 3.16. The van der Waals surface area contributed by atoms with E-state index in [2.05, 4.69) is 16.4 Å². The van der Waals surface area contributed by atoms with Crippen LogP contribution in [0.3, 0.4) is 0 Å². The van der Waals surface area contributed by atoms with Crippen LogP contribution in [0.2, 0.25) is 0 Å². The maximum absolute atomic E-state index is 9.16. The fraction of sp³-hybridized carbons (Fsp3) is 0.571. The molecule has 1 N–H and O–H groups in total. The maximum Gasteiger partial charge on any atom is 0.231 e. The molecule has 1 aliphatic heterocycles. The maximum atomic E-state index is 9.16. The summed E-state index contributed by atoms with van der Waals surface area (Å²) in [6, 6.07) is 4.55. The summed E-state index contributed by atoms with van der Waals surface area (Å²) in [5.74, 6) is 0.520. The minimum atomic E-state index is 0.409. The van der Waals surface area contributed by atoms with E-state index in [1.54, 1.807) is 0 Å². The van der Waals surface area contributed by atoms with Crippen molar-refractivity contribution in [2.75, 3.05) is 13.2 Å². The molecule has 1 aromatic rings. The third-order valence-electron chi connectivity index (χ3n) is 3.72. The van der Waals surface area contributed by atoms with Gasteiger partial charge in [-0.1, -0.05) is 0 Å². The van der Waals surface area contributed by atoms with Crippen molar-refractivity contribution in [3.8, 4) is 11.9 Å². The molecule has 1 aliphatic carbocycles. The van der Waals surface area contributed by atoms with Gasteiger partial charge >= 0.3 is 0 Å². The van der Waals surface area contributed by atoms with E-state index in [9.17, 15) is 0 Å². The van der Waals surface area contributed by atoms with Crippen molar-refractivity contribution in [2.45, 2.75) is 38.1 Å². The van der Waals surface area contributed by atoms with Gasteiger partial charge in [-0.3, -0.25) is 0 Å². The molecule has 0 spiro atoms. The molecule has 1 fully saturated rings. The smallest absolute Gasteiger partial charge is 0.231 e. The highest BCUT2D eigenvalue weighted by molar-refractivity contribution is 5.44. The minimum absolute atomic E-state index is 0.409. The van der Waals surface area contributed by atoms with E-state index < -0.39 is 0 Å². The molecule has 2 aliphatic rings. The normalized spacial score (nSPS) is 21.6. The van der Waals surface area contributed by atoms with Gasteiger partial charge in [0.25, 0.3) is 0 Å². The van der Waals surface area contributed by atoms with E-state index in [0.29, 0.717) is 24.1 Å². The van der Waals surface area contributed by atoms with Crippen molar-refractivity contribution < 1.29 is 4.74 Å². The number of hydrogen-bond acceptors (Lipinski definition) is 4. The van der Waals surface area contributed by atoms with E-state index >= 15 is 0 Å². The number of hydrogen-bond donors (Lipinski definition) is 1. The van der Waals surface area contributed by atoms with Crippen molar-refractivity contribution in [1.29, 1.82) is 5.26 Å². The summed E-state index contributed by atoms with van der Waals surface area (Å²) in [5.41, 5.74) is 2.91. The van der Waals surface area contributed by atoms with Gasteiger partial charge in [0, 0.05) is 11.7 Å². The number of nitrogens with one attached hydrogen (secondary N) is 1. The number of rotatable bonds is 3. The SMILES string of the molecule is N#Cc1cc2c(nc1OCC1CCCN1)CCC2. The van der Waals surface area contributed by atoms with E-state index in [1.165, 1.54) is 12.0 Å². The van der Waals surface area contributed by atoms with Crippen LogP contribution in [-0.2, 0) is 12.8 Å². The number of pyridine rings is 1. The molecule has 0 saturated carbocycles. The lowest BCUT2D eigenvalue weighted by Crippen LogP contribution is -2.28. The van der Waals surface area contributed by atoms with Crippen molar-refractivity contribution in [3.63, 3.8) is 0 Å². The standard InChI is InChI=1S/C14H17N3O/c15-8-11-7-10-3-1-5-13(10)17-14(11)18-9-12-4-2-6-16-12/h7,12,16H,1-6,9H2. The van der Waals surface area contributed by atoms with Gasteiger partial charge in [0.15, 0.2) is 0 Å². The zero-order chi connectivity index (χ0) is 12.4. The number of aromatic nitrogens is 1. The third kappa shape index (κ3) is 2.19. The first kappa shape index (κ1) is 11.5. The summed E-state index contributed by atoms with van der Waals surface area (Å²) < 4.78 is 5.74. The molecule has 0 bridgehead atoms. The zero-order valence-electron chi connectivity index (χ0n) is 10.4. The van der Waals surface area contributed by atoms with E-state index in [1.807, 2.05) is 6.07 Å². The molecule has 0 radical (unpaired) electrons. The van der Waals surface area contributed by atoms with Gasteiger partial charge in [-0.15, -0.1) is 0 Å². The van der Waals surface area contributed by atoms with Crippen LogP contribution in [0.5, 0.6) is 5.88 Å². The molecule has 2 heterocycles. The number of nitrogens with zero attached hydrogens (tertiary/aromatic N) is 2. The number of fused-ring (bicyclic) bond motifs is 1. The first-order valence-corrected chi connectivity index (χ1v) is 6.66. The second kappa shape index (κ2) is 4.95. The van der Waals surface area contributed by atoms with E-state index in [0.717, 1.165) is 37.9 Å². The molecule has 1 unspecified atom stereocenters. The first-order valence-electron chi connectivity index (χ1n) is 6.66. The van der Waals surface area contributed by atoms with Crippen LogP contribution >= 0.6 is 0 Å². The summed E-state index contributed by atoms with van der Waals surface area (Å²) in [6.45, 7) is 1.68. The second-order valence-corrected chi connectivity index (χ2v) is 5.02. The zero-order valence-corrected chi connectivity index (χ0v) is 10.4. The summed E-state index contributed by atoms with van der Waals surface area (Å²) in [6.07, 6.45) is 5.55. The van der Waals surface area contributed by atoms with Gasteiger partial charge in [0.05, 0.1) is 0 Å². The average molecular weight is 243 g/mol. The minimum Gasteiger partial charge on any atom is -0.475 e. The molecule has 0 amide bonds. The van der Waals surface area contributed by atoms with E-state index in [4.69, 9.17) is 10.00 Å². The highest BCUT2D eigenvalue weighted by atomic mass is 16.5. The Morgan fingerprint density at radius 2 is 2.39 bits per heavy atom. The molecular weight excluding hydrogens is 226 g/mol. The quantitative estimate of drug-likeness (QED) is 0.875. The molecule has 4 heteroatoms. The Labute approximate surface area is 107 Å². The van der Waals surface area contributed by atoms with Crippen molar-refractivity contribution in [1.82, 2.24) is 10.3 Å². The van der Waals surface area contributed by atoms with Crippen LogP contribution in [0.4, 0.5) is 0 Å². The first-order chi connectivity index (χ1) is 8.86. The van der Waals surface area contributed by atoms with Gasteiger partial charge in [-0.2, -0.15) is 5.26 Å². The lowest BCUT2D eigenvalue weighted by atomic mass is 10.1. The lowest BCUT2D eigenvalue weighted by molar-refractivity contribution is 0.266. The van der Waals surface area contributed by atoms with E-state index in [-0.39, 0.29) is 0 Å². The van der Waals surface area contributed by atoms with Crippen LogP contribution in [0, 0.1) is 11.3 Å². The van der Waals surface area contributed by atoms with Gasteiger partial charge in [0.2, 0.25) is 5.88 Å². The molecular formula is C14H17N3O. The average Bonchev–Trinajstić information content (AvgIpc) is 3.05. The van der Waals surface area contributed by atoms with Crippen molar-refractivity contribution >= 4 is 0 Å². The largest absolute Gasteiger partial charge is 0.475 e. The van der Waals surface area contributed by atoms with Gasteiger partial charge in [-0.25, -0.2) is 4.98 Å². The summed E-state index contributed by atoms with van der Waals surface area (Å²) in [7, 11) is 0. The molecule has 4 nitrogen and oxygen atoms in total. The van der Waals surface area contributed by atoms with Crippen LogP contribution in [0.1, 0.15) is 36.1 Å². The molecule has 18 heavy (non-hydrogen) atoms.